The lowest BCUT2D eigenvalue weighted by Gasteiger charge is -2.17. The zero-order chi connectivity index (χ0) is 15.9. The number of anilines is 1. The molecule has 2 rings (SSSR count). The minimum atomic E-state index is 0.0341. The topological polar surface area (TPSA) is 59.3 Å². The summed E-state index contributed by atoms with van der Waals surface area (Å²) >= 11 is 6.04. The van der Waals surface area contributed by atoms with Crippen LogP contribution in [0.15, 0.2) is 30.3 Å². The standard InChI is InChI=1S/C16H22ClN3O2/c1-3-14(11-22-2)18-16-10-15(19-20(16)7-8-21)12-5-4-6-13(17)9-12/h4-6,9-10,14,18,21H,3,7-8,11H2,1-2H3. The van der Waals surface area contributed by atoms with Crippen molar-refractivity contribution in [3.8, 4) is 11.3 Å². The molecule has 0 saturated carbocycles. The number of nitrogens with zero attached hydrogens (tertiary/aromatic N) is 2. The maximum absolute atomic E-state index is 9.23. The van der Waals surface area contributed by atoms with Gasteiger partial charge in [-0.3, -0.25) is 0 Å². The van der Waals surface area contributed by atoms with Crippen molar-refractivity contribution in [1.82, 2.24) is 9.78 Å². The van der Waals surface area contributed by atoms with Crippen molar-refractivity contribution in [2.75, 3.05) is 25.6 Å². The van der Waals surface area contributed by atoms with Crippen molar-refractivity contribution in [3.63, 3.8) is 0 Å². The molecule has 22 heavy (non-hydrogen) atoms. The maximum atomic E-state index is 9.23. The van der Waals surface area contributed by atoms with Gasteiger partial charge in [-0.25, -0.2) is 4.68 Å². The Balaban J connectivity index is 2.28. The lowest BCUT2D eigenvalue weighted by molar-refractivity contribution is 0.184. The van der Waals surface area contributed by atoms with Crippen LogP contribution in [0.2, 0.25) is 5.02 Å². The number of aromatic nitrogens is 2. The lowest BCUT2D eigenvalue weighted by atomic mass is 10.1. The fourth-order valence-corrected chi connectivity index (χ4v) is 2.45. The van der Waals surface area contributed by atoms with Gasteiger partial charge in [0.15, 0.2) is 0 Å². The van der Waals surface area contributed by atoms with E-state index in [9.17, 15) is 5.11 Å². The number of benzene rings is 1. The summed E-state index contributed by atoms with van der Waals surface area (Å²) < 4.78 is 6.99. The number of ether oxygens (including phenoxy) is 1. The average Bonchev–Trinajstić information content (AvgIpc) is 2.90. The van der Waals surface area contributed by atoms with E-state index in [4.69, 9.17) is 16.3 Å². The number of nitrogens with one attached hydrogen (secondary N) is 1. The molecule has 1 aromatic heterocycles. The normalized spacial score (nSPS) is 12.4. The molecule has 1 aromatic carbocycles. The second kappa shape index (κ2) is 8.17. The Bertz CT molecular complexity index is 601. The molecule has 0 amide bonds. The fourth-order valence-electron chi connectivity index (χ4n) is 2.26. The highest BCUT2D eigenvalue weighted by Crippen LogP contribution is 2.25. The van der Waals surface area contributed by atoms with Crippen molar-refractivity contribution >= 4 is 17.4 Å². The average molecular weight is 324 g/mol. The summed E-state index contributed by atoms with van der Waals surface area (Å²) in [6, 6.07) is 9.75. The van der Waals surface area contributed by atoms with Crippen LogP contribution in [0.4, 0.5) is 5.82 Å². The van der Waals surface area contributed by atoms with Crippen LogP contribution in [-0.4, -0.2) is 41.3 Å². The molecule has 0 saturated heterocycles. The first-order valence-electron chi connectivity index (χ1n) is 7.38. The summed E-state index contributed by atoms with van der Waals surface area (Å²) in [6.45, 7) is 3.19. The molecule has 0 bridgehead atoms. The molecule has 0 aliphatic carbocycles. The van der Waals surface area contributed by atoms with E-state index in [0.717, 1.165) is 23.5 Å². The first kappa shape index (κ1) is 16.8. The Morgan fingerprint density at radius 2 is 2.23 bits per heavy atom. The van der Waals surface area contributed by atoms with Crippen LogP contribution in [0.25, 0.3) is 11.3 Å². The van der Waals surface area contributed by atoms with Crippen LogP contribution in [0.3, 0.4) is 0 Å². The summed E-state index contributed by atoms with van der Waals surface area (Å²) in [5, 5.41) is 17.9. The summed E-state index contributed by atoms with van der Waals surface area (Å²) in [5.74, 6) is 0.868. The van der Waals surface area contributed by atoms with Crippen molar-refractivity contribution in [1.29, 1.82) is 0 Å². The van der Waals surface area contributed by atoms with Crippen LogP contribution in [0.1, 0.15) is 13.3 Å². The first-order chi connectivity index (χ1) is 10.7. The van der Waals surface area contributed by atoms with E-state index >= 15 is 0 Å². The third-order valence-electron chi connectivity index (χ3n) is 3.42. The predicted octanol–water partition coefficient (Wildman–Crippen LogP) is 3.03. The van der Waals surface area contributed by atoms with Gasteiger partial charge in [-0.05, 0) is 18.6 Å². The molecule has 1 unspecified atom stereocenters. The van der Waals surface area contributed by atoms with Crippen molar-refractivity contribution < 1.29 is 9.84 Å². The van der Waals surface area contributed by atoms with Gasteiger partial charge >= 0.3 is 0 Å². The number of aliphatic hydroxyl groups excluding tert-OH is 1. The van der Waals surface area contributed by atoms with Crippen molar-refractivity contribution in [3.05, 3.63) is 35.4 Å². The number of hydrogen-bond acceptors (Lipinski definition) is 4. The van der Waals surface area contributed by atoms with E-state index in [-0.39, 0.29) is 12.6 Å². The van der Waals surface area contributed by atoms with E-state index in [1.807, 2.05) is 30.3 Å². The van der Waals surface area contributed by atoms with Crippen LogP contribution in [-0.2, 0) is 11.3 Å². The summed E-state index contributed by atoms with van der Waals surface area (Å²) in [4.78, 5) is 0. The summed E-state index contributed by atoms with van der Waals surface area (Å²) in [5.41, 5.74) is 1.78. The second-order valence-corrected chi connectivity index (χ2v) is 5.51. The Kier molecular flexibility index (Phi) is 6.24. The van der Waals surface area contributed by atoms with Gasteiger partial charge in [0, 0.05) is 23.8 Å². The molecule has 0 radical (unpaired) electrons. The molecule has 120 valence electrons. The highest BCUT2D eigenvalue weighted by molar-refractivity contribution is 6.30. The van der Waals surface area contributed by atoms with E-state index in [2.05, 4.69) is 17.3 Å². The van der Waals surface area contributed by atoms with Gasteiger partial charge in [0.1, 0.15) is 5.82 Å². The predicted molar refractivity (Wildman–Crippen MR) is 89.3 cm³/mol. The molecule has 6 heteroatoms. The molecule has 2 N–H and O–H groups in total. The number of rotatable bonds is 8. The first-order valence-corrected chi connectivity index (χ1v) is 7.75. The third kappa shape index (κ3) is 4.22. The van der Waals surface area contributed by atoms with Crippen LogP contribution in [0.5, 0.6) is 0 Å². The highest BCUT2D eigenvalue weighted by atomic mass is 35.5. The van der Waals surface area contributed by atoms with Crippen LogP contribution < -0.4 is 5.32 Å². The van der Waals surface area contributed by atoms with Crippen LogP contribution >= 0.6 is 11.6 Å². The molecular weight excluding hydrogens is 302 g/mol. The van der Waals surface area contributed by atoms with E-state index < -0.39 is 0 Å². The molecule has 1 atom stereocenters. The number of aliphatic hydroxyl groups is 1. The molecular formula is C16H22ClN3O2. The van der Waals surface area contributed by atoms with E-state index in [1.54, 1.807) is 11.8 Å². The highest BCUT2D eigenvalue weighted by Gasteiger charge is 2.13. The molecule has 0 fully saturated rings. The largest absolute Gasteiger partial charge is 0.394 e. The fraction of sp³-hybridized carbons (Fsp3) is 0.438. The lowest BCUT2D eigenvalue weighted by Crippen LogP contribution is -2.25. The molecule has 0 aliphatic rings. The molecule has 2 aromatic rings. The molecule has 5 nitrogen and oxygen atoms in total. The van der Waals surface area contributed by atoms with E-state index in [1.165, 1.54) is 0 Å². The number of halogens is 1. The Morgan fingerprint density at radius 1 is 1.41 bits per heavy atom. The maximum Gasteiger partial charge on any atom is 0.125 e. The Morgan fingerprint density at radius 3 is 2.86 bits per heavy atom. The van der Waals surface area contributed by atoms with Gasteiger partial charge in [0.2, 0.25) is 0 Å². The summed E-state index contributed by atoms with van der Waals surface area (Å²) in [7, 11) is 1.69. The smallest absolute Gasteiger partial charge is 0.125 e. The van der Waals surface area contributed by atoms with Crippen molar-refractivity contribution in [2.24, 2.45) is 0 Å². The van der Waals surface area contributed by atoms with Gasteiger partial charge in [-0.2, -0.15) is 5.10 Å². The molecule has 1 heterocycles. The monoisotopic (exact) mass is 323 g/mol. The SMILES string of the molecule is CCC(COC)Nc1cc(-c2cccc(Cl)c2)nn1CCO. The molecule has 0 aliphatic heterocycles. The minimum Gasteiger partial charge on any atom is -0.394 e. The summed E-state index contributed by atoms with van der Waals surface area (Å²) in [6.07, 6.45) is 0.935. The van der Waals surface area contributed by atoms with Gasteiger partial charge in [0.05, 0.1) is 31.5 Å². The van der Waals surface area contributed by atoms with Gasteiger partial charge in [-0.15, -0.1) is 0 Å². The Labute approximate surface area is 135 Å². The quantitative estimate of drug-likeness (QED) is 0.784. The third-order valence-corrected chi connectivity index (χ3v) is 3.66. The minimum absolute atomic E-state index is 0.0341. The number of hydrogen-bond donors (Lipinski definition) is 2. The zero-order valence-electron chi connectivity index (χ0n) is 12.9. The zero-order valence-corrected chi connectivity index (χ0v) is 13.7. The van der Waals surface area contributed by atoms with Crippen molar-refractivity contribution in [2.45, 2.75) is 25.9 Å². The van der Waals surface area contributed by atoms with Gasteiger partial charge in [0.25, 0.3) is 0 Å². The second-order valence-electron chi connectivity index (χ2n) is 5.08. The molecule has 0 spiro atoms. The Hall–Kier alpha value is -1.56. The van der Waals surface area contributed by atoms with E-state index in [0.29, 0.717) is 18.2 Å². The van der Waals surface area contributed by atoms with Crippen LogP contribution in [0, 0.1) is 0 Å². The van der Waals surface area contributed by atoms with Gasteiger partial charge in [-0.1, -0.05) is 30.7 Å². The van der Waals surface area contributed by atoms with Gasteiger partial charge < -0.3 is 15.2 Å². The number of methoxy groups -OCH3 is 1.